The van der Waals surface area contributed by atoms with Crippen molar-refractivity contribution < 1.29 is 24.9 Å². The fourth-order valence-electron chi connectivity index (χ4n) is 3.18. The van der Waals surface area contributed by atoms with Gasteiger partial charge in [0.2, 0.25) is 0 Å². The fourth-order valence-corrected chi connectivity index (χ4v) is 3.18. The van der Waals surface area contributed by atoms with Gasteiger partial charge in [0, 0.05) is 19.4 Å². The van der Waals surface area contributed by atoms with Crippen LogP contribution in [0, 0.1) is 0 Å². The summed E-state index contributed by atoms with van der Waals surface area (Å²) in [5.74, 6) is -2.03. The summed E-state index contributed by atoms with van der Waals surface area (Å²) in [6.07, 6.45) is 14.6. The molecular formula is C22H40O5. The standard InChI is InChI=1S/C22H40O5/c1-2-3-4-5-7-10-13-16-19(24)21(22(26)27)20(25)17-14-11-8-6-9-12-15-18-23/h23,25H,2-18H2,1H3,(H,26,27). The SMILES string of the molecule is CCCCCCCCCC(=O)C(C(=O)O)=C(O)CCCCCCCCCO. The molecule has 0 fully saturated rings. The lowest BCUT2D eigenvalue weighted by molar-refractivity contribution is -0.135. The number of carboxylic acids is 1. The van der Waals surface area contributed by atoms with Gasteiger partial charge >= 0.3 is 5.97 Å². The van der Waals surface area contributed by atoms with Crippen LogP contribution in [0.5, 0.6) is 0 Å². The Bertz CT molecular complexity index is 428. The molecule has 0 bridgehead atoms. The van der Waals surface area contributed by atoms with Gasteiger partial charge in [0.15, 0.2) is 5.78 Å². The van der Waals surface area contributed by atoms with E-state index in [1.165, 1.54) is 19.3 Å². The van der Waals surface area contributed by atoms with Gasteiger partial charge in [-0.3, -0.25) is 4.79 Å². The summed E-state index contributed by atoms with van der Waals surface area (Å²) in [5, 5.41) is 28.1. The molecule has 0 atom stereocenters. The topological polar surface area (TPSA) is 94.8 Å². The maximum Gasteiger partial charge on any atom is 0.342 e. The largest absolute Gasteiger partial charge is 0.511 e. The van der Waals surface area contributed by atoms with Crippen molar-refractivity contribution in [2.24, 2.45) is 0 Å². The first-order valence-electron chi connectivity index (χ1n) is 10.8. The lowest BCUT2D eigenvalue weighted by Gasteiger charge is -2.07. The summed E-state index contributed by atoms with van der Waals surface area (Å²) >= 11 is 0. The summed E-state index contributed by atoms with van der Waals surface area (Å²) in [5.41, 5.74) is -0.413. The lowest BCUT2D eigenvalue weighted by atomic mass is 10.00. The number of hydrogen-bond acceptors (Lipinski definition) is 4. The molecule has 0 saturated heterocycles. The summed E-state index contributed by atoms with van der Waals surface area (Å²) in [6.45, 7) is 2.41. The highest BCUT2D eigenvalue weighted by molar-refractivity contribution is 6.16. The molecule has 0 aromatic heterocycles. The van der Waals surface area contributed by atoms with Crippen molar-refractivity contribution in [1.29, 1.82) is 0 Å². The Kier molecular flexibility index (Phi) is 17.1. The molecule has 0 aromatic carbocycles. The van der Waals surface area contributed by atoms with Gasteiger partial charge in [0.05, 0.1) is 0 Å². The molecule has 0 saturated carbocycles. The highest BCUT2D eigenvalue weighted by Gasteiger charge is 2.21. The van der Waals surface area contributed by atoms with Crippen molar-refractivity contribution in [3.8, 4) is 0 Å². The van der Waals surface area contributed by atoms with E-state index in [-0.39, 0.29) is 25.2 Å². The number of hydrogen-bond donors (Lipinski definition) is 3. The first-order chi connectivity index (χ1) is 13.0. The minimum atomic E-state index is -1.32. The van der Waals surface area contributed by atoms with Crippen LogP contribution in [0.4, 0.5) is 0 Å². The molecular weight excluding hydrogens is 344 g/mol. The maximum atomic E-state index is 12.2. The summed E-state index contributed by atoms with van der Waals surface area (Å²) < 4.78 is 0. The van der Waals surface area contributed by atoms with Gasteiger partial charge in [0.1, 0.15) is 11.3 Å². The van der Waals surface area contributed by atoms with Gasteiger partial charge in [-0.05, 0) is 19.3 Å². The third-order valence-electron chi connectivity index (χ3n) is 4.86. The van der Waals surface area contributed by atoms with Gasteiger partial charge in [0.25, 0.3) is 0 Å². The van der Waals surface area contributed by atoms with Crippen molar-refractivity contribution in [2.75, 3.05) is 6.61 Å². The number of carbonyl (C=O) groups is 2. The number of aliphatic hydroxyl groups is 2. The van der Waals surface area contributed by atoms with Crippen LogP contribution in [-0.2, 0) is 9.59 Å². The van der Waals surface area contributed by atoms with Gasteiger partial charge in [-0.2, -0.15) is 0 Å². The van der Waals surface area contributed by atoms with Crippen LogP contribution in [-0.4, -0.2) is 33.7 Å². The van der Waals surface area contributed by atoms with E-state index >= 15 is 0 Å². The Morgan fingerprint density at radius 2 is 1.07 bits per heavy atom. The second-order valence-electron chi connectivity index (χ2n) is 7.37. The van der Waals surface area contributed by atoms with Crippen LogP contribution in [0.15, 0.2) is 11.3 Å². The predicted octanol–water partition coefficient (Wildman–Crippen LogP) is 5.71. The molecule has 0 radical (unpaired) electrons. The average molecular weight is 385 g/mol. The summed E-state index contributed by atoms with van der Waals surface area (Å²) in [4.78, 5) is 23.5. The zero-order valence-electron chi connectivity index (χ0n) is 17.2. The first kappa shape index (κ1) is 25.6. The number of aliphatic carboxylic acids is 1. The number of carboxylic acid groups (broad SMARTS) is 1. The molecule has 0 rings (SSSR count). The molecule has 0 aliphatic heterocycles. The smallest absolute Gasteiger partial charge is 0.342 e. The molecule has 27 heavy (non-hydrogen) atoms. The van der Waals surface area contributed by atoms with E-state index in [1.807, 2.05) is 0 Å². The molecule has 5 heteroatoms. The average Bonchev–Trinajstić information content (AvgIpc) is 2.63. The predicted molar refractivity (Wildman–Crippen MR) is 109 cm³/mol. The minimum Gasteiger partial charge on any atom is -0.511 e. The molecule has 5 nitrogen and oxygen atoms in total. The Balaban J connectivity index is 4.10. The van der Waals surface area contributed by atoms with Crippen molar-refractivity contribution in [3.05, 3.63) is 11.3 Å². The Hall–Kier alpha value is -1.36. The molecule has 0 spiro atoms. The van der Waals surface area contributed by atoms with E-state index in [4.69, 9.17) is 5.11 Å². The lowest BCUT2D eigenvalue weighted by Crippen LogP contribution is -2.15. The van der Waals surface area contributed by atoms with Crippen molar-refractivity contribution >= 4 is 11.8 Å². The van der Waals surface area contributed by atoms with Crippen molar-refractivity contribution in [3.63, 3.8) is 0 Å². The normalized spacial score (nSPS) is 12.1. The molecule has 0 unspecified atom stereocenters. The Labute approximate surface area is 164 Å². The number of ketones is 1. The van der Waals surface area contributed by atoms with E-state index in [9.17, 15) is 19.8 Å². The maximum absolute atomic E-state index is 12.2. The van der Waals surface area contributed by atoms with Crippen LogP contribution >= 0.6 is 0 Å². The molecule has 3 N–H and O–H groups in total. The third-order valence-corrected chi connectivity index (χ3v) is 4.86. The van der Waals surface area contributed by atoms with Gasteiger partial charge < -0.3 is 15.3 Å². The van der Waals surface area contributed by atoms with Crippen molar-refractivity contribution in [2.45, 2.75) is 110 Å². The quantitative estimate of drug-likeness (QED) is 0.0872. The summed E-state index contributed by atoms with van der Waals surface area (Å²) in [7, 11) is 0. The highest BCUT2D eigenvalue weighted by atomic mass is 16.4. The molecule has 0 amide bonds. The van der Waals surface area contributed by atoms with Crippen molar-refractivity contribution in [1.82, 2.24) is 0 Å². The fraction of sp³-hybridized carbons (Fsp3) is 0.818. The number of allylic oxidation sites excluding steroid dienone is 1. The molecule has 0 aliphatic rings. The van der Waals surface area contributed by atoms with Crippen LogP contribution < -0.4 is 0 Å². The van der Waals surface area contributed by atoms with Crippen LogP contribution in [0.2, 0.25) is 0 Å². The summed E-state index contributed by atoms with van der Waals surface area (Å²) in [6, 6.07) is 0. The third kappa shape index (κ3) is 14.4. The number of unbranched alkanes of at least 4 members (excludes halogenated alkanes) is 12. The second kappa shape index (κ2) is 18.0. The van der Waals surface area contributed by atoms with E-state index in [2.05, 4.69) is 6.92 Å². The second-order valence-corrected chi connectivity index (χ2v) is 7.37. The molecule has 0 aliphatic carbocycles. The number of aliphatic hydroxyl groups excluding tert-OH is 2. The Morgan fingerprint density at radius 3 is 1.56 bits per heavy atom. The van der Waals surface area contributed by atoms with Crippen LogP contribution in [0.1, 0.15) is 110 Å². The number of carbonyl (C=O) groups excluding carboxylic acids is 1. The molecule has 0 heterocycles. The number of Topliss-reactive ketones (excluding diaryl/α,β-unsaturated/α-hetero) is 1. The van der Waals surface area contributed by atoms with E-state index in [0.29, 0.717) is 12.8 Å². The Morgan fingerprint density at radius 1 is 0.630 bits per heavy atom. The zero-order chi connectivity index (χ0) is 20.3. The minimum absolute atomic E-state index is 0.199. The zero-order valence-corrected chi connectivity index (χ0v) is 17.2. The molecule has 0 aromatic rings. The van der Waals surface area contributed by atoms with Gasteiger partial charge in [-0.1, -0.05) is 77.6 Å². The highest BCUT2D eigenvalue weighted by Crippen LogP contribution is 2.17. The molecule has 158 valence electrons. The van der Waals surface area contributed by atoms with Gasteiger partial charge in [-0.25, -0.2) is 4.79 Å². The first-order valence-corrected chi connectivity index (χ1v) is 10.8. The van der Waals surface area contributed by atoms with Crippen LogP contribution in [0.3, 0.4) is 0 Å². The number of rotatable bonds is 19. The van der Waals surface area contributed by atoms with E-state index in [1.54, 1.807) is 0 Å². The monoisotopic (exact) mass is 384 g/mol. The van der Waals surface area contributed by atoms with E-state index < -0.39 is 17.3 Å². The van der Waals surface area contributed by atoms with E-state index in [0.717, 1.165) is 57.8 Å². The van der Waals surface area contributed by atoms with Crippen LogP contribution in [0.25, 0.3) is 0 Å². The van der Waals surface area contributed by atoms with Gasteiger partial charge in [-0.15, -0.1) is 0 Å².